The number of carbonyl (C=O) groups is 3. The number of aromatic nitrogens is 4. The molecule has 3 aliphatic rings. The number of fused-ring (bicyclic) bond motifs is 2. The molecule has 60 heavy (non-hydrogen) atoms. The first-order valence-electron chi connectivity index (χ1n) is 21.8. The van der Waals surface area contributed by atoms with Crippen molar-refractivity contribution in [2.45, 2.75) is 76.8 Å². The van der Waals surface area contributed by atoms with Gasteiger partial charge in [0, 0.05) is 80.2 Å². The van der Waals surface area contributed by atoms with Crippen molar-refractivity contribution < 1.29 is 14.4 Å². The molecule has 3 fully saturated rings. The van der Waals surface area contributed by atoms with Crippen LogP contribution in [0.15, 0.2) is 78.0 Å². The third-order valence-corrected chi connectivity index (χ3v) is 12.9. The van der Waals surface area contributed by atoms with E-state index in [1.165, 1.54) is 0 Å². The summed E-state index contributed by atoms with van der Waals surface area (Å²) in [6, 6.07) is 15.7. The summed E-state index contributed by atoms with van der Waals surface area (Å²) in [6.07, 6.45) is 10.4. The maximum Gasteiger partial charge on any atom is 0.318 e. The second-order valence-corrected chi connectivity index (χ2v) is 17.0. The van der Waals surface area contributed by atoms with Gasteiger partial charge in [0.2, 0.25) is 11.8 Å². The van der Waals surface area contributed by atoms with Crippen molar-refractivity contribution in [1.29, 1.82) is 0 Å². The average Bonchev–Trinajstić information content (AvgIpc) is 3.76. The molecule has 4 N–H and O–H groups in total. The molecular weight excluding hydrogens is 757 g/mol. The van der Waals surface area contributed by atoms with E-state index in [0.29, 0.717) is 64.4 Å². The number of piperidine rings is 2. The minimum Gasteiger partial charge on any atom is -0.368 e. The van der Waals surface area contributed by atoms with Crippen molar-refractivity contribution in [2.75, 3.05) is 63.8 Å². The topological polar surface area (TPSA) is 163 Å². The second-order valence-electron chi connectivity index (χ2n) is 17.0. The molecule has 6 heterocycles. The summed E-state index contributed by atoms with van der Waals surface area (Å²) < 4.78 is 0. The van der Waals surface area contributed by atoms with Crippen LogP contribution in [0.2, 0.25) is 0 Å². The lowest BCUT2D eigenvalue weighted by molar-refractivity contribution is -0.137. The highest BCUT2D eigenvalue weighted by Gasteiger charge is 2.35. The third kappa shape index (κ3) is 9.49. The molecule has 3 saturated heterocycles. The first-order valence-corrected chi connectivity index (χ1v) is 21.8. The van der Waals surface area contributed by atoms with Crippen molar-refractivity contribution >= 4 is 45.3 Å². The largest absolute Gasteiger partial charge is 0.368 e. The Morgan fingerprint density at radius 2 is 1.58 bits per heavy atom. The number of piperazine rings is 1. The number of carbonyl (C=O) groups excluding carboxylic acids is 3. The van der Waals surface area contributed by atoms with Gasteiger partial charge in [0.25, 0.3) is 5.56 Å². The predicted octanol–water partition coefficient (Wildman–Crippen LogP) is 4.95. The maximum atomic E-state index is 14.7. The Bertz CT molecular complexity index is 2320. The van der Waals surface area contributed by atoms with E-state index in [4.69, 9.17) is 0 Å². The van der Waals surface area contributed by atoms with E-state index in [2.05, 4.69) is 47.5 Å². The number of urea groups is 1. The number of amides is 4. The molecule has 0 unspecified atom stereocenters. The summed E-state index contributed by atoms with van der Waals surface area (Å²) in [6.45, 7) is 10.6. The first-order chi connectivity index (χ1) is 29.2. The number of anilines is 1. The van der Waals surface area contributed by atoms with Crippen LogP contribution in [0.25, 0.3) is 21.8 Å². The number of hydrogen-bond acceptors (Lipinski definition) is 8. The number of hydrogen-bond donors (Lipinski definition) is 4. The van der Waals surface area contributed by atoms with Crippen LogP contribution in [0.3, 0.4) is 0 Å². The number of aryl methyl sites for hydroxylation is 1. The Morgan fingerprint density at radius 3 is 2.33 bits per heavy atom. The van der Waals surface area contributed by atoms with Crippen LogP contribution in [-0.4, -0.2) is 124 Å². The van der Waals surface area contributed by atoms with Crippen LogP contribution in [0.5, 0.6) is 0 Å². The Hall–Kier alpha value is -5.76. The molecule has 14 heteroatoms. The van der Waals surface area contributed by atoms with Crippen LogP contribution in [-0.2, 0) is 16.0 Å². The van der Waals surface area contributed by atoms with Crippen molar-refractivity contribution in [3.63, 3.8) is 0 Å². The van der Waals surface area contributed by atoms with Gasteiger partial charge in [0.15, 0.2) is 0 Å². The van der Waals surface area contributed by atoms with Gasteiger partial charge < -0.3 is 35.2 Å². The molecule has 3 aromatic heterocycles. The van der Waals surface area contributed by atoms with E-state index < -0.39 is 12.1 Å². The lowest BCUT2D eigenvalue weighted by Gasteiger charge is -2.39. The highest BCUT2D eigenvalue weighted by molar-refractivity contribution is 5.92. The van der Waals surface area contributed by atoms with Gasteiger partial charge in [-0.15, -0.1) is 0 Å². The van der Waals surface area contributed by atoms with Gasteiger partial charge in [-0.1, -0.05) is 31.2 Å². The summed E-state index contributed by atoms with van der Waals surface area (Å²) in [5.74, 6) is -0.137. The molecule has 316 valence electrons. The molecule has 0 bridgehead atoms. The Labute approximate surface area is 351 Å². The number of rotatable bonds is 12. The number of aromatic amines is 2. The summed E-state index contributed by atoms with van der Waals surface area (Å²) in [4.78, 5) is 71.9. The van der Waals surface area contributed by atoms with E-state index in [1.54, 1.807) is 23.5 Å². The van der Waals surface area contributed by atoms with Gasteiger partial charge in [-0.2, -0.15) is 5.10 Å². The maximum absolute atomic E-state index is 14.7. The minimum absolute atomic E-state index is 0.0124. The normalized spacial score (nSPS) is 18.1. The van der Waals surface area contributed by atoms with E-state index in [-0.39, 0.29) is 35.7 Å². The zero-order valence-corrected chi connectivity index (χ0v) is 34.9. The van der Waals surface area contributed by atoms with Gasteiger partial charge in [-0.3, -0.25) is 24.5 Å². The first kappa shape index (κ1) is 41.0. The summed E-state index contributed by atoms with van der Waals surface area (Å²) in [5, 5.41) is 15.5. The average molecular weight is 815 g/mol. The lowest BCUT2D eigenvalue weighted by atomic mass is 9.89. The van der Waals surface area contributed by atoms with Gasteiger partial charge in [-0.05, 0) is 124 Å². The molecule has 8 rings (SSSR count). The zero-order valence-electron chi connectivity index (χ0n) is 34.9. The van der Waals surface area contributed by atoms with Crippen LogP contribution in [0.4, 0.5) is 10.5 Å². The smallest absolute Gasteiger partial charge is 0.318 e. The molecule has 0 radical (unpaired) electrons. The fourth-order valence-electron chi connectivity index (χ4n) is 9.53. The van der Waals surface area contributed by atoms with Crippen LogP contribution in [0.1, 0.15) is 68.1 Å². The predicted molar refractivity (Wildman–Crippen MR) is 234 cm³/mol. The van der Waals surface area contributed by atoms with Crippen molar-refractivity contribution in [1.82, 2.24) is 45.5 Å². The molecule has 14 nitrogen and oxygen atoms in total. The van der Waals surface area contributed by atoms with Crippen molar-refractivity contribution in [3.05, 3.63) is 100 Å². The molecule has 0 spiro atoms. The number of para-hydroxylation sites is 1. The molecule has 0 saturated carbocycles. The molecule has 5 aromatic rings. The number of likely N-dealkylation sites (tertiary alicyclic amines) is 2. The molecule has 3 aliphatic heterocycles. The number of nitrogens with zero attached hydrogens (tertiary/aromatic N) is 6. The SMILES string of the molecule is CCCN1CCC(C[C@@H](NC(=O)[C@@H](Cc2cc(C)c3[nH]ncc3c2)NC(=O)N2CCC(c3cc4ccccc4[nH]c3=O)CC2)C(=O)N2CCN(c3ccncc3)CC2)CC1. The fraction of sp³-hybridized carbons (Fsp3) is 0.478. The Morgan fingerprint density at radius 1 is 0.833 bits per heavy atom. The van der Waals surface area contributed by atoms with Gasteiger partial charge in [-0.25, -0.2) is 4.79 Å². The minimum atomic E-state index is -0.937. The van der Waals surface area contributed by atoms with Crippen LogP contribution in [0, 0.1) is 12.8 Å². The Balaban J connectivity index is 0.989. The zero-order chi connectivity index (χ0) is 41.6. The van der Waals surface area contributed by atoms with Gasteiger partial charge in [0.05, 0.1) is 11.7 Å². The summed E-state index contributed by atoms with van der Waals surface area (Å²) >= 11 is 0. The van der Waals surface area contributed by atoms with Gasteiger partial charge in [0.1, 0.15) is 12.1 Å². The third-order valence-electron chi connectivity index (χ3n) is 12.9. The van der Waals surface area contributed by atoms with E-state index in [0.717, 1.165) is 83.1 Å². The summed E-state index contributed by atoms with van der Waals surface area (Å²) in [5.41, 5.74) is 5.33. The number of benzene rings is 2. The highest BCUT2D eigenvalue weighted by Crippen LogP contribution is 2.28. The standard InChI is InChI=1S/C46H58N10O4/c1-3-16-53-17-10-32(11-18-53)27-41(45(59)55-23-21-54(22-24-55)37-8-14-47-15-9-37)50-44(58)40(28-33-25-31(2)42-36(26-33)30-48-52-42)51-46(60)56-19-12-34(13-20-56)38-29-35-6-4-5-7-39(35)49-43(38)57/h4-9,14-15,25-26,29-30,32,34,40-41H,3,10-13,16-24,27-28H2,1-2H3,(H,48,52)(H,49,57)(H,50,58)(H,51,60)/t40-,41-/m1/s1. The van der Waals surface area contributed by atoms with E-state index >= 15 is 0 Å². The molecule has 0 aliphatic carbocycles. The molecule has 4 amide bonds. The molecule has 2 aromatic carbocycles. The second kappa shape index (κ2) is 18.7. The van der Waals surface area contributed by atoms with Crippen molar-refractivity contribution in [3.8, 4) is 0 Å². The van der Waals surface area contributed by atoms with Crippen molar-refractivity contribution in [2.24, 2.45) is 5.92 Å². The number of pyridine rings is 2. The molecular formula is C46H58N10O4. The Kier molecular flexibility index (Phi) is 12.7. The van der Waals surface area contributed by atoms with E-state index in [1.807, 2.05) is 66.4 Å². The van der Waals surface area contributed by atoms with E-state index in [9.17, 15) is 19.2 Å². The summed E-state index contributed by atoms with van der Waals surface area (Å²) in [7, 11) is 0. The number of H-pyrrole nitrogens is 2. The fourth-order valence-corrected chi connectivity index (χ4v) is 9.53. The quantitative estimate of drug-likeness (QED) is 0.138. The molecule has 2 atom stereocenters. The monoisotopic (exact) mass is 814 g/mol. The lowest BCUT2D eigenvalue weighted by Crippen LogP contribution is -2.59. The van der Waals surface area contributed by atoms with Crippen LogP contribution >= 0.6 is 0 Å². The highest BCUT2D eigenvalue weighted by atomic mass is 16.2. The number of nitrogens with one attached hydrogen (secondary N) is 4. The van der Waals surface area contributed by atoms with Gasteiger partial charge >= 0.3 is 6.03 Å². The van der Waals surface area contributed by atoms with Crippen LogP contribution < -0.4 is 21.1 Å².